The minimum Gasteiger partial charge on any atom is -0.280 e. The fourth-order valence-electron chi connectivity index (χ4n) is 0.520. The van der Waals surface area contributed by atoms with Crippen LogP contribution in [0.1, 0.15) is 12.8 Å². The van der Waals surface area contributed by atoms with E-state index < -0.39 is 21.2 Å². The summed E-state index contributed by atoms with van der Waals surface area (Å²) in [4.78, 5) is 20.8. The third-order valence-electron chi connectivity index (χ3n) is 1.17. The molecule has 0 amide bonds. The first-order valence-corrected chi connectivity index (χ1v) is 4.75. The molecule has 0 aromatic carbocycles. The van der Waals surface area contributed by atoms with Crippen molar-refractivity contribution in [2.75, 3.05) is 0 Å². The Kier molecular flexibility index (Phi) is 6.28. The second-order valence-electron chi connectivity index (χ2n) is 2.12. The SMILES string of the molecule is O=C(Cl)[C@@H](Cl)CC[C@H](Cl)C(=O)Cl. The number of alkyl halides is 2. The number of hydrogen-bond donors (Lipinski definition) is 0. The molecule has 0 fully saturated rings. The van der Waals surface area contributed by atoms with Crippen molar-refractivity contribution in [2.45, 2.75) is 23.6 Å². The van der Waals surface area contributed by atoms with E-state index in [1.807, 2.05) is 0 Å². The van der Waals surface area contributed by atoms with Crippen LogP contribution in [0.15, 0.2) is 0 Å². The highest BCUT2D eigenvalue weighted by molar-refractivity contribution is 6.69. The van der Waals surface area contributed by atoms with Crippen LogP contribution in [0.3, 0.4) is 0 Å². The highest BCUT2D eigenvalue weighted by atomic mass is 35.5. The van der Waals surface area contributed by atoms with Crippen LogP contribution >= 0.6 is 46.4 Å². The van der Waals surface area contributed by atoms with Crippen LogP contribution in [0.5, 0.6) is 0 Å². The van der Waals surface area contributed by atoms with Crippen LogP contribution in [-0.4, -0.2) is 21.2 Å². The molecule has 6 heteroatoms. The summed E-state index contributed by atoms with van der Waals surface area (Å²) in [7, 11) is 0. The molecule has 0 aliphatic rings. The van der Waals surface area contributed by atoms with Gasteiger partial charge in [-0.15, -0.1) is 23.2 Å². The molecule has 0 N–H and O–H groups in total. The van der Waals surface area contributed by atoms with Crippen LogP contribution < -0.4 is 0 Å². The minimum absolute atomic E-state index is 0.247. The van der Waals surface area contributed by atoms with Crippen molar-refractivity contribution in [2.24, 2.45) is 0 Å². The summed E-state index contributed by atoms with van der Waals surface area (Å²) in [6.07, 6.45) is 0.493. The van der Waals surface area contributed by atoms with E-state index >= 15 is 0 Å². The van der Waals surface area contributed by atoms with Gasteiger partial charge in [0.1, 0.15) is 10.8 Å². The van der Waals surface area contributed by atoms with Gasteiger partial charge in [-0.05, 0) is 36.0 Å². The number of hydrogen-bond acceptors (Lipinski definition) is 2. The molecular weight excluding hydrogens is 246 g/mol. The summed E-state index contributed by atoms with van der Waals surface area (Å²) < 4.78 is 0. The fourth-order valence-corrected chi connectivity index (χ4v) is 0.990. The Morgan fingerprint density at radius 3 is 1.33 bits per heavy atom. The standard InChI is InChI=1S/C6H6Cl4O2/c7-3(5(9)11)1-2-4(8)6(10)12/h3-4H,1-2H2/t3-,4-/m0/s1. The van der Waals surface area contributed by atoms with Gasteiger partial charge in [-0.3, -0.25) is 9.59 Å². The van der Waals surface area contributed by atoms with Gasteiger partial charge >= 0.3 is 0 Å². The number of carbonyl (C=O) groups is 2. The van der Waals surface area contributed by atoms with E-state index in [-0.39, 0.29) is 12.8 Å². The average Bonchev–Trinajstić information content (AvgIpc) is 1.98. The lowest BCUT2D eigenvalue weighted by atomic mass is 10.2. The summed E-state index contributed by atoms with van der Waals surface area (Å²) in [5.41, 5.74) is 0. The van der Waals surface area contributed by atoms with E-state index in [2.05, 4.69) is 0 Å². The quantitative estimate of drug-likeness (QED) is 0.556. The zero-order valence-corrected chi connectivity index (χ0v) is 8.92. The zero-order valence-electron chi connectivity index (χ0n) is 5.90. The lowest BCUT2D eigenvalue weighted by molar-refractivity contribution is -0.113. The zero-order chi connectivity index (χ0) is 9.72. The Bertz CT molecular complexity index is 162. The Morgan fingerprint density at radius 1 is 0.917 bits per heavy atom. The molecule has 2 nitrogen and oxygen atoms in total. The van der Waals surface area contributed by atoms with E-state index in [9.17, 15) is 9.59 Å². The molecule has 0 bridgehead atoms. The second-order valence-corrected chi connectivity index (χ2v) is 3.92. The van der Waals surface area contributed by atoms with E-state index in [0.717, 1.165) is 0 Å². The summed E-state index contributed by atoms with van der Waals surface area (Å²) in [6, 6.07) is 0. The van der Waals surface area contributed by atoms with Gasteiger partial charge in [0.25, 0.3) is 0 Å². The Balaban J connectivity index is 3.68. The molecule has 0 unspecified atom stereocenters. The molecule has 70 valence electrons. The molecule has 0 saturated carbocycles. The van der Waals surface area contributed by atoms with Gasteiger partial charge in [0, 0.05) is 0 Å². The largest absolute Gasteiger partial charge is 0.280 e. The highest BCUT2D eigenvalue weighted by Gasteiger charge is 2.18. The molecule has 12 heavy (non-hydrogen) atoms. The van der Waals surface area contributed by atoms with E-state index in [1.54, 1.807) is 0 Å². The van der Waals surface area contributed by atoms with Crippen molar-refractivity contribution < 1.29 is 9.59 Å². The first kappa shape index (κ1) is 12.5. The number of rotatable bonds is 5. The summed E-state index contributed by atoms with van der Waals surface area (Å²) in [6.45, 7) is 0. The fraction of sp³-hybridized carbons (Fsp3) is 0.667. The van der Waals surface area contributed by atoms with Crippen LogP contribution in [0.25, 0.3) is 0 Å². The average molecular weight is 252 g/mol. The van der Waals surface area contributed by atoms with Crippen molar-refractivity contribution in [1.82, 2.24) is 0 Å². The molecular formula is C6H6Cl4O2. The molecule has 0 saturated heterocycles. The highest BCUT2D eigenvalue weighted by Crippen LogP contribution is 2.15. The Hall–Kier alpha value is 0.500. The third-order valence-corrected chi connectivity index (χ3v) is 2.75. The maximum Gasteiger partial charge on any atom is 0.239 e. The van der Waals surface area contributed by atoms with Crippen LogP contribution in [0.2, 0.25) is 0 Å². The first-order chi connectivity index (χ1) is 5.45. The Labute approximate surface area is 90.1 Å². The molecule has 0 heterocycles. The van der Waals surface area contributed by atoms with Gasteiger partial charge in [0.05, 0.1) is 0 Å². The number of halogens is 4. The van der Waals surface area contributed by atoms with Crippen LogP contribution in [0.4, 0.5) is 0 Å². The summed E-state index contributed by atoms with van der Waals surface area (Å²) in [5.74, 6) is 0. The molecule has 0 aromatic heterocycles. The van der Waals surface area contributed by atoms with Crippen LogP contribution in [0, 0.1) is 0 Å². The smallest absolute Gasteiger partial charge is 0.239 e. The third kappa shape index (κ3) is 5.20. The van der Waals surface area contributed by atoms with Gasteiger partial charge in [-0.2, -0.15) is 0 Å². The predicted octanol–water partition coefficient (Wildman–Crippen LogP) is 2.51. The Morgan fingerprint density at radius 2 is 1.17 bits per heavy atom. The van der Waals surface area contributed by atoms with Crippen molar-refractivity contribution in [3.8, 4) is 0 Å². The topological polar surface area (TPSA) is 34.1 Å². The monoisotopic (exact) mass is 250 g/mol. The lowest BCUT2D eigenvalue weighted by Crippen LogP contribution is -2.14. The summed E-state index contributed by atoms with van der Waals surface area (Å²) >= 11 is 21.1. The van der Waals surface area contributed by atoms with Gasteiger partial charge < -0.3 is 0 Å². The maximum absolute atomic E-state index is 10.4. The molecule has 0 radical (unpaired) electrons. The first-order valence-electron chi connectivity index (χ1n) is 3.12. The molecule has 0 rings (SSSR count). The van der Waals surface area contributed by atoms with Crippen molar-refractivity contribution in [1.29, 1.82) is 0 Å². The van der Waals surface area contributed by atoms with E-state index in [1.165, 1.54) is 0 Å². The lowest BCUT2D eigenvalue weighted by Gasteiger charge is -2.05. The van der Waals surface area contributed by atoms with Crippen molar-refractivity contribution >= 4 is 56.9 Å². The maximum atomic E-state index is 10.4. The molecule has 0 spiro atoms. The van der Waals surface area contributed by atoms with Gasteiger partial charge in [-0.25, -0.2) is 0 Å². The van der Waals surface area contributed by atoms with E-state index in [4.69, 9.17) is 46.4 Å². The van der Waals surface area contributed by atoms with Gasteiger partial charge in [-0.1, -0.05) is 0 Å². The van der Waals surface area contributed by atoms with Gasteiger partial charge in [0.2, 0.25) is 10.5 Å². The van der Waals surface area contributed by atoms with E-state index in [0.29, 0.717) is 0 Å². The molecule has 0 aromatic rings. The van der Waals surface area contributed by atoms with Crippen molar-refractivity contribution in [3.63, 3.8) is 0 Å². The van der Waals surface area contributed by atoms with Crippen LogP contribution in [-0.2, 0) is 9.59 Å². The molecule has 0 aliphatic carbocycles. The molecule has 0 aliphatic heterocycles. The predicted molar refractivity (Wildman–Crippen MR) is 50.2 cm³/mol. The second kappa shape index (κ2) is 6.03. The minimum atomic E-state index is -0.802. The van der Waals surface area contributed by atoms with Gasteiger partial charge in [0.15, 0.2) is 0 Å². The normalized spacial score (nSPS) is 15.3. The number of carbonyl (C=O) groups excluding carboxylic acids is 2. The van der Waals surface area contributed by atoms with Crippen molar-refractivity contribution in [3.05, 3.63) is 0 Å². The summed E-state index contributed by atoms with van der Waals surface area (Å²) in [5, 5.41) is -2.90. The molecule has 2 atom stereocenters.